The highest BCUT2D eigenvalue weighted by molar-refractivity contribution is 7.89. The molecule has 0 spiro atoms. The maximum atomic E-state index is 12.3. The molecule has 7 nitrogen and oxygen atoms in total. The Bertz CT molecular complexity index is 509. The molecule has 1 aromatic rings. The van der Waals surface area contributed by atoms with Gasteiger partial charge >= 0.3 is 5.97 Å². The van der Waals surface area contributed by atoms with Gasteiger partial charge in [-0.2, -0.15) is 4.31 Å². The highest BCUT2D eigenvalue weighted by Crippen LogP contribution is 2.15. The monoisotopic (exact) mass is 275 g/mol. The van der Waals surface area contributed by atoms with Crippen LogP contribution in [0, 0.1) is 0 Å². The minimum Gasteiger partial charge on any atom is -0.480 e. The van der Waals surface area contributed by atoms with Gasteiger partial charge in [0.05, 0.1) is 12.5 Å². The molecule has 0 saturated carbocycles. The molecule has 0 aliphatic heterocycles. The molecular weight excluding hydrogens is 258 g/mol. The number of rotatable bonds is 7. The Labute approximate surface area is 106 Å². The molecule has 1 heterocycles. The molecule has 0 radical (unpaired) electrons. The number of imidazole rings is 1. The van der Waals surface area contributed by atoms with Gasteiger partial charge in [0.25, 0.3) is 10.0 Å². The van der Waals surface area contributed by atoms with Gasteiger partial charge in [0.15, 0.2) is 5.03 Å². The molecule has 0 unspecified atom stereocenters. The van der Waals surface area contributed by atoms with Crippen LogP contribution in [0.1, 0.15) is 20.3 Å². The van der Waals surface area contributed by atoms with Gasteiger partial charge in [-0.3, -0.25) is 4.79 Å². The van der Waals surface area contributed by atoms with E-state index >= 15 is 0 Å². The van der Waals surface area contributed by atoms with Crippen LogP contribution >= 0.6 is 0 Å². The van der Waals surface area contributed by atoms with E-state index in [2.05, 4.69) is 4.98 Å². The van der Waals surface area contributed by atoms with Crippen molar-refractivity contribution in [2.75, 3.05) is 13.1 Å². The smallest absolute Gasteiger partial charge is 0.318 e. The van der Waals surface area contributed by atoms with E-state index in [0.29, 0.717) is 13.0 Å². The Hall–Kier alpha value is -1.41. The fourth-order valence-corrected chi connectivity index (χ4v) is 3.21. The lowest BCUT2D eigenvalue weighted by Gasteiger charge is -2.19. The second-order valence-corrected chi connectivity index (χ2v) is 5.64. The van der Waals surface area contributed by atoms with Gasteiger partial charge < -0.3 is 9.67 Å². The van der Waals surface area contributed by atoms with Crippen molar-refractivity contribution >= 4 is 16.0 Å². The lowest BCUT2D eigenvalue weighted by molar-refractivity contribution is -0.137. The van der Waals surface area contributed by atoms with E-state index in [1.54, 1.807) is 13.8 Å². The van der Waals surface area contributed by atoms with Crippen molar-refractivity contribution in [1.82, 2.24) is 13.9 Å². The summed E-state index contributed by atoms with van der Waals surface area (Å²) in [6.07, 6.45) is 3.20. The van der Waals surface area contributed by atoms with E-state index in [1.807, 2.05) is 0 Å². The zero-order valence-corrected chi connectivity index (χ0v) is 11.2. The Balaban J connectivity index is 3.12. The highest BCUT2D eigenvalue weighted by Gasteiger charge is 2.28. The number of aliphatic carboxylic acids is 1. The summed E-state index contributed by atoms with van der Waals surface area (Å²) in [5.41, 5.74) is 0. The van der Waals surface area contributed by atoms with Gasteiger partial charge in [-0.05, 0) is 13.3 Å². The summed E-state index contributed by atoms with van der Waals surface area (Å²) in [4.78, 5) is 14.5. The second-order valence-electron chi connectivity index (χ2n) is 3.75. The van der Waals surface area contributed by atoms with Gasteiger partial charge in [0.2, 0.25) is 0 Å². The number of carbonyl (C=O) groups is 1. The summed E-state index contributed by atoms with van der Waals surface area (Å²) < 4.78 is 27.0. The first-order chi connectivity index (χ1) is 8.43. The summed E-state index contributed by atoms with van der Waals surface area (Å²) in [5, 5.41) is 8.80. The number of nitrogens with zero attached hydrogens (tertiary/aromatic N) is 3. The standard InChI is InChI=1S/C10H17N3O4S/c1-3-5-13(7-10(14)15)18(16,17)9-6-11-8-12(9)4-2/h6,8H,3-5,7H2,1-2H3,(H,14,15). The first kappa shape index (κ1) is 14.7. The van der Waals surface area contributed by atoms with Crippen LogP contribution in [0.15, 0.2) is 17.6 Å². The van der Waals surface area contributed by atoms with Crippen LogP contribution in [0.2, 0.25) is 0 Å². The van der Waals surface area contributed by atoms with Gasteiger partial charge in [-0.1, -0.05) is 6.92 Å². The Morgan fingerprint density at radius 3 is 2.67 bits per heavy atom. The number of sulfonamides is 1. The fraction of sp³-hybridized carbons (Fsp3) is 0.600. The molecule has 0 fully saturated rings. The maximum absolute atomic E-state index is 12.3. The fourth-order valence-electron chi connectivity index (χ4n) is 1.58. The molecule has 0 bridgehead atoms. The van der Waals surface area contributed by atoms with E-state index in [9.17, 15) is 13.2 Å². The van der Waals surface area contributed by atoms with Crippen LogP contribution in [-0.2, 0) is 21.4 Å². The first-order valence-electron chi connectivity index (χ1n) is 5.65. The van der Waals surface area contributed by atoms with Crippen LogP contribution in [0.3, 0.4) is 0 Å². The zero-order chi connectivity index (χ0) is 13.8. The average Bonchev–Trinajstić information content (AvgIpc) is 2.76. The quantitative estimate of drug-likeness (QED) is 0.777. The van der Waals surface area contributed by atoms with E-state index in [-0.39, 0.29) is 11.6 Å². The van der Waals surface area contributed by atoms with Crippen LogP contribution in [-0.4, -0.2) is 46.4 Å². The van der Waals surface area contributed by atoms with Crippen molar-refractivity contribution in [2.45, 2.75) is 31.8 Å². The molecule has 0 aliphatic rings. The lowest BCUT2D eigenvalue weighted by Crippen LogP contribution is -2.37. The molecule has 0 amide bonds. The van der Waals surface area contributed by atoms with E-state index in [4.69, 9.17) is 5.11 Å². The van der Waals surface area contributed by atoms with E-state index < -0.39 is 22.5 Å². The van der Waals surface area contributed by atoms with Gasteiger partial charge in [-0.25, -0.2) is 13.4 Å². The lowest BCUT2D eigenvalue weighted by atomic mass is 10.5. The van der Waals surface area contributed by atoms with Crippen molar-refractivity contribution in [2.24, 2.45) is 0 Å². The molecule has 1 rings (SSSR count). The minimum absolute atomic E-state index is 0.0275. The summed E-state index contributed by atoms with van der Waals surface area (Å²) in [6.45, 7) is 3.68. The molecule has 1 N–H and O–H groups in total. The predicted molar refractivity (Wildman–Crippen MR) is 64.6 cm³/mol. The topological polar surface area (TPSA) is 92.5 Å². The van der Waals surface area contributed by atoms with Gasteiger partial charge in [-0.15, -0.1) is 0 Å². The normalized spacial score (nSPS) is 11.9. The summed E-state index contributed by atoms with van der Waals surface area (Å²) in [7, 11) is -3.80. The van der Waals surface area contributed by atoms with Crippen LogP contribution in [0.25, 0.3) is 0 Å². The number of hydrogen-bond donors (Lipinski definition) is 1. The molecule has 0 saturated heterocycles. The number of hydrogen-bond acceptors (Lipinski definition) is 4. The van der Waals surface area contributed by atoms with Crippen molar-refractivity contribution < 1.29 is 18.3 Å². The highest BCUT2D eigenvalue weighted by atomic mass is 32.2. The molecule has 0 aromatic carbocycles. The number of carboxylic acid groups (broad SMARTS) is 1. The van der Waals surface area contributed by atoms with E-state index in [1.165, 1.54) is 17.1 Å². The third-order valence-corrected chi connectivity index (χ3v) is 4.26. The molecular formula is C10H17N3O4S. The van der Waals surface area contributed by atoms with Crippen LogP contribution in [0.4, 0.5) is 0 Å². The average molecular weight is 275 g/mol. The SMILES string of the molecule is CCCN(CC(=O)O)S(=O)(=O)c1cncn1CC. The summed E-state index contributed by atoms with van der Waals surface area (Å²) >= 11 is 0. The predicted octanol–water partition coefficient (Wildman–Crippen LogP) is 0.388. The third kappa shape index (κ3) is 3.08. The maximum Gasteiger partial charge on any atom is 0.318 e. The second kappa shape index (κ2) is 5.96. The van der Waals surface area contributed by atoms with Crippen molar-refractivity contribution in [1.29, 1.82) is 0 Å². The Kier molecular flexibility index (Phi) is 4.85. The zero-order valence-electron chi connectivity index (χ0n) is 10.4. The number of aromatic nitrogens is 2. The molecule has 18 heavy (non-hydrogen) atoms. The molecule has 0 aliphatic carbocycles. The minimum atomic E-state index is -3.80. The van der Waals surface area contributed by atoms with Crippen LogP contribution < -0.4 is 0 Å². The molecule has 1 aromatic heterocycles. The van der Waals surface area contributed by atoms with Crippen molar-refractivity contribution in [3.8, 4) is 0 Å². The first-order valence-corrected chi connectivity index (χ1v) is 7.09. The van der Waals surface area contributed by atoms with Crippen molar-refractivity contribution in [3.05, 3.63) is 12.5 Å². The largest absolute Gasteiger partial charge is 0.480 e. The molecule has 102 valence electrons. The Morgan fingerprint density at radius 1 is 1.50 bits per heavy atom. The number of carboxylic acids is 1. The molecule has 0 atom stereocenters. The van der Waals surface area contributed by atoms with E-state index in [0.717, 1.165) is 4.31 Å². The number of aryl methyl sites for hydroxylation is 1. The van der Waals surface area contributed by atoms with Gasteiger partial charge in [0.1, 0.15) is 6.54 Å². The molecule has 8 heteroatoms. The van der Waals surface area contributed by atoms with Crippen molar-refractivity contribution in [3.63, 3.8) is 0 Å². The third-order valence-electron chi connectivity index (χ3n) is 2.40. The summed E-state index contributed by atoms with van der Waals surface area (Å²) in [5.74, 6) is -1.17. The van der Waals surface area contributed by atoms with Crippen LogP contribution in [0.5, 0.6) is 0 Å². The van der Waals surface area contributed by atoms with Gasteiger partial charge in [0, 0.05) is 13.1 Å². The Morgan fingerprint density at radius 2 is 2.17 bits per heavy atom. The summed E-state index contributed by atoms with van der Waals surface area (Å²) in [6, 6.07) is 0.